The molecule has 0 saturated carbocycles. The third kappa shape index (κ3) is 4.49. The van der Waals surface area contributed by atoms with Gasteiger partial charge in [0.15, 0.2) is 17.3 Å². The van der Waals surface area contributed by atoms with Crippen LogP contribution in [-0.4, -0.2) is 45.9 Å². The number of nitrogens with one attached hydrogen (secondary N) is 1. The number of amides is 2. The van der Waals surface area contributed by atoms with Crippen molar-refractivity contribution in [2.45, 2.75) is 65.5 Å². The van der Waals surface area contributed by atoms with Crippen molar-refractivity contribution in [3.05, 3.63) is 35.1 Å². The molecule has 31 heavy (non-hydrogen) atoms. The number of carbonyl (C=O) groups is 2. The van der Waals surface area contributed by atoms with E-state index in [1.807, 2.05) is 45.9 Å². The van der Waals surface area contributed by atoms with Gasteiger partial charge >= 0.3 is 0 Å². The lowest BCUT2D eigenvalue weighted by atomic mass is 9.84. The van der Waals surface area contributed by atoms with Crippen LogP contribution < -0.4 is 15.0 Å². The third-order valence-corrected chi connectivity index (χ3v) is 6.06. The number of hydrogen-bond acceptors (Lipinski definition) is 6. The number of fused-ring (bicyclic) bond motifs is 1. The van der Waals surface area contributed by atoms with Crippen LogP contribution in [0.2, 0.25) is 0 Å². The molecule has 0 bridgehead atoms. The Balaban J connectivity index is 1.94. The maximum atomic E-state index is 13.1. The molecule has 2 aliphatic rings. The summed E-state index contributed by atoms with van der Waals surface area (Å²) in [5, 5.41) is 20.0. The Morgan fingerprint density at radius 2 is 1.97 bits per heavy atom. The molecular weight excluding hydrogens is 400 g/mol. The highest BCUT2D eigenvalue weighted by Crippen LogP contribution is 2.39. The molecule has 0 saturated heterocycles. The Morgan fingerprint density at radius 3 is 2.61 bits per heavy atom. The normalized spacial score (nSPS) is 19.9. The molecule has 170 valence electrons. The number of nitrogens with zero attached hydrogens (tertiary/aromatic N) is 1. The van der Waals surface area contributed by atoms with Crippen LogP contribution in [0.15, 0.2) is 29.5 Å². The molecule has 2 aliphatic heterocycles. The fourth-order valence-electron chi connectivity index (χ4n) is 4.61. The molecule has 8 nitrogen and oxygen atoms in total. The van der Waals surface area contributed by atoms with Gasteiger partial charge in [-0.3, -0.25) is 14.8 Å². The van der Waals surface area contributed by atoms with E-state index in [-0.39, 0.29) is 24.4 Å². The first kappa shape index (κ1) is 22.9. The number of aliphatic hydroxyl groups excluding tert-OH is 1. The number of benzene rings is 1. The topological polar surface area (TPSA) is 108 Å². The van der Waals surface area contributed by atoms with Gasteiger partial charge in [0.2, 0.25) is 6.79 Å². The molecule has 0 aliphatic carbocycles. The quantitative estimate of drug-likeness (QED) is 0.408. The number of rotatable bonds is 9. The van der Waals surface area contributed by atoms with E-state index in [0.29, 0.717) is 36.3 Å². The number of ether oxygens (including phenoxy) is 2. The minimum absolute atomic E-state index is 0.0813. The molecule has 3 N–H and O–H groups in total. The smallest absolute Gasteiger partial charge is 0.289 e. The van der Waals surface area contributed by atoms with Gasteiger partial charge in [0.25, 0.3) is 11.8 Å². The van der Waals surface area contributed by atoms with Crippen molar-refractivity contribution >= 4 is 11.8 Å². The van der Waals surface area contributed by atoms with Crippen LogP contribution in [-0.2, 0) is 16.0 Å². The number of hydroxylamine groups is 1. The van der Waals surface area contributed by atoms with Crippen LogP contribution in [0.25, 0.3) is 0 Å². The van der Waals surface area contributed by atoms with Crippen molar-refractivity contribution in [3.8, 4) is 11.5 Å². The maximum absolute atomic E-state index is 13.1. The summed E-state index contributed by atoms with van der Waals surface area (Å²) in [5.41, 5.74) is 3.34. The number of carbonyl (C=O) groups excluding carboxylic acids is 2. The van der Waals surface area contributed by atoms with Gasteiger partial charge in [-0.1, -0.05) is 46.6 Å². The Hall–Kier alpha value is -2.74. The maximum Gasteiger partial charge on any atom is 0.289 e. The van der Waals surface area contributed by atoms with Crippen LogP contribution in [0.4, 0.5) is 0 Å². The van der Waals surface area contributed by atoms with Gasteiger partial charge in [-0.05, 0) is 42.4 Å². The SMILES string of the molecule is CCCCC(C(=O)NO)N1C(=O)C(O)=C(C(C)C)C1C(C)Cc1ccc2c(c1)OCO2. The number of hydrogen-bond donors (Lipinski definition) is 3. The lowest BCUT2D eigenvalue weighted by Crippen LogP contribution is -2.53. The van der Waals surface area contributed by atoms with Crippen molar-refractivity contribution in [3.63, 3.8) is 0 Å². The van der Waals surface area contributed by atoms with Gasteiger partial charge in [-0.2, -0.15) is 0 Å². The first-order valence-electron chi connectivity index (χ1n) is 10.9. The van der Waals surface area contributed by atoms with Gasteiger partial charge in [0.1, 0.15) is 6.04 Å². The summed E-state index contributed by atoms with van der Waals surface area (Å²) in [5.74, 6) is -0.273. The van der Waals surface area contributed by atoms with Crippen molar-refractivity contribution in [1.29, 1.82) is 0 Å². The zero-order chi connectivity index (χ0) is 22.7. The lowest BCUT2D eigenvalue weighted by molar-refractivity contribution is -0.145. The van der Waals surface area contributed by atoms with Crippen LogP contribution in [0.3, 0.4) is 0 Å². The Morgan fingerprint density at radius 1 is 1.26 bits per heavy atom. The van der Waals surface area contributed by atoms with Crippen LogP contribution in [0.5, 0.6) is 11.5 Å². The zero-order valence-electron chi connectivity index (χ0n) is 18.6. The Labute approximate surface area is 182 Å². The zero-order valence-corrected chi connectivity index (χ0v) is 18.6. The number of unbranched alkanes of at least 4 members (excludes halogenated alkanes) is 1. The summed E-state index contributed by atoms with van der Waals surface area (Å²) >= 11 is 0. The summed E-state index contributed by atoms with van der Waals surface area (Å²) in [6.45, 7) is 8.05. The van der Waals surface area contributed by atoms with Gasteiger partial charge in [0.05, 0.1) is 6.04 Å². The van der Waals surface area contributed by atoms with E-state index in [1.54, 1.807) is 5.48 Å². The van der Waals surface area contributed by atoms with E-state index in [2.05, 4.69) is 0 Å². The second-order valence-corrected chi connectivity index (χ2v) is 8.62. The molecule has 1 aromatic carbocycles. The fraction of sp³-hybridized carbons (Fsp3) is 0.565. The molecule has 8 heteroatoms. The van der Waals surface area contributed by atoms with Crippen molar-refractivity contribution in [2.24, 2.45) is 11.8 Å². The summed E-state index contributed by atoms with van der Waals surface area (Å²) < 4.78 is 10.8. The average Bonchev–Trinajstić information content (AvgIpc) is 3.31. The van der Waals surface area contributed by atoms with Crippen LogP contribution in [0, 0.1) is 11.8 Å². The molecule has 0 aromatic heterocycles. The standard InChI is InChI=1S/C23H32N2O6/c1-5-6-7-16(22(27)24-29)25-20(19(13(2)3)21(26)23(25)28)14(4)10-15-8-9-17-18(11-15)31-12-30-17/h8-9,11,13-14,16,20,26,29H,5-7,10,12H2,1-4H3,(H,24,27). The molecule has 0 radical (unpaired) electrons. The highest BCUT2D eigenvalue weighted by molar-refractivity contribution is 5.99. The minimum atomic E-state index is -0.861. The Bertz CT molecular complexity index is 866. The third-order valence-electron chi connectivity index (χ3n) is 6.06. The van der Waals surface area contributed by atoms with Gasteiger partial charge in [0, 0.05) is 5.57 Å². The number of aliphatic hydroxyl groups is 1. The monoisotopic (exact) mass is 432 g/mol. The summed E-state index contributed by atoms with van der Waals surface area (Å²) in [6.07, 6.45) is 2.56. The van der Waals surface area contributed by atoms with Crippen molar-refractivity contribution in [1.82, 2.24) is 10.4 Å². The fourth-order valence-corrected chi connectivity index (χ4v) is 4.61. The second kappa shape index (κ2) is 9.60. The van der Waals surface area contributed by atoms with Gasteiger partial charge in [-0.25, -0.2) is 5.48 Å². The highest BCUT2D eigenvalue weighted by Gasteiger charge is 2.47. The molecule has 3 atom stereocenters. The summed E-state index contributed by atoms with van der Waals surface area (Å²) in [6, 6.07) is 4.42. The van der Waals surface area contributed by atoms with Crippen LogP contribution >= 0.6 is 0 Å². The minimum Gasteiger partial charge on any atom is -0.503 e. The summed E-state index contributed by atoms with van der Waals surface area (Å²) in [4.78, 5) is 27.0. The largest absolute Gasteiger partial charge is 0.503 e. The van der Waals surface area contributed by atoms with E-state index >= 15 is 0 Å². The molecule has 2 amide bonds. The van der Waals surface area contributed by atoms with E-state index in [9.17, 15) is 19.9 Å². The molecule has 1 aromatic rings. The van der Waals surface area contributed by atoms with Gasteiger partial charge in [-0.15, -0.1) is 0 Å². The average molecular weight is 433 g/mol. The molecule has 3 rings (SSSR count). The predicted molar refractivity (Wildman–Crippen MR) is 114 cm³/mol. The lowest BCUT2D eigenvalue weighted by Gasteiger charge is -2.37. The summed E-state index contributed by atoms with van der Waals surface area (Å²) in [7, 11) is 0. The van der Waals surface area contributed by atoms with E-state index in [1.165, 1.54) is 4.90 Å². The first-order valence-corrected chi connectivity index (χ1v) is 10.9. The van der Waals surface area contributed by atoms with Crippen molar-refractivity contribution in [2.75, 3.05) is 6.79 Å². The highest BCUT2D eigenvalue weighted by atomic mass is 16.7. The van der Waals surface area contributed by atoms with E-state index in [4.69, 9.17) is 9.47 Å². The molecular formula is C23H32N2O6. The molecule has 0 fully saturated rings. The molecule has 3 unspecified atom stereocenters. The predicted octanol–water partition coefficient (Wildman–Crippen LogP) is 3.34. The van der Waals surface area contributed by atoms with E-state index < -0.39 is 23.9 Å². The van der Waals surface area contributed by atoms with Crippen molar-refractivity contribution < 1.29 is 29.4 Å². The second-order valence-electron chi connectivity index (χ2n) is 8.62. The van der Waals surface area contributed by atoms with Gasteiger partial charge < -0.3 is 19.5 Å². The Kier molecular flexibility index (Phi) is 7.10. The first-order chi connectivity index (χ1) is 14.8. The van der Waals surface area contributed by atoms with Crippen LogP contribution in [0.1, 0.15) is 52.5 Å². The molecule has 0 spiro atoms. The van der Waals surface area contributed by atoms with E-state index in [0.717, 1.165) is 12.0 Å². The molecule has 2 heterocycles.